The van der Waals surface area contributed by atoms with E-state index in [-0.39, 0.29) is 17.6 Å². The number of para-hydroxylation sites is 1. The van der Waals surface area contributed by atoms with Crippen molar-refractivity contribution in [1.82, 2.24) is 10.3 Å². The highest BCUT2D eigenvalue weighted by Gasteiger charge is 2.20. The molecule has 1 aromatic heterocycles. The first kappa shape index (κ1) is 19.5. The Labute approximate surface area is 180 Å². The van der Waals surface area contributed by atoms with Gasteiger partial charge in [0.2, 0.25) is 5.91 Å². The van der Waals surface area contributed by atoms with Gasteiger partial charge in [-0.15, -0.1) is 0 Å². The fourth-order valence-corrected chi connectivity index (χ4v) is 4.22. The number of amides is 1. The topological polar surface area (TPSA) is 108 Å². The van der Waals surface area contributed by atoms with Gasteiger partial charge in [-0.2, -0.15) is 0 Å². The quantitative estimate of drug-likeness (QED) is 0.463. The number of hydrogen-bond donors (Lipinski definition) is 4. The number of nitrogens with two attached hydrogens (primary N) is 1. The van der Waals surface area contributed by atoms with Crippen LogP contribution in [-0.4, -0.2) is 27.8 Å². The molecule has 0 saturated heterocycles. The van der Waals surface area contributed by atoms with E-state index in [1.807, 2.05) is 55.6 Å². The van der Waals surface area contributed by atoms with Crippen LogP contribution in [0.1, 0.15) is 17.3 Å². The molecule has 1 unspecified atom stereocenters. The lowest BCUT2D eigenvalue weighted by atomic mass is 10.1. The first-order valence-electron chi connectivity index (χ1n) is 8.92. The highest BCUT2D eigenvalue weighted by atomic mass is 79.9. The molecule has 1 amide bonds. The van der Waals surface area contributed by atoms with E-state index < -0.39 is 6.17 Å². The minimum Gasteiger partial charge on any atom is -0.370 e. The number of guanidine groups is 1. The monoisotopic (exact) mass is 470 g/mol. The van der Waals surface area contributed by atoms with Gasteiger partial charge in [0.15, 0.2) is 17.3 Å². The van der Waals surface area contributed by atoms with Crippen molar-refractivity contribution in [2.45, 2.75) is 13.1 Å². The Morgan fingerprint density at radius 1 is 1.28 bits per heavy atom. The molecule has 0 fully saturated rings. The molecule has 2 aromatic carbocycles. The van der Waals surface area contributed by atoms with Crippen LogP contribution in [0.2, 0.25) is 0 Å². The number of H-pyrrole nitrogens is 1. The SMILES string of the molecule is Cc1cc(Br)ccc1NC(=O)CSC1=NC(c2c[nH]c3ccccc23)N=C(N)N1. The molecule has 148 valence electrons. The molecular weight excluding hydrogens is 452 g/mol. The highest BCUT2D eigenvalue weighted by Crippen LogP contribution is 2.29. The number of thioether (sulfide) groups is 1. The van der Waals surface area contributed by atoms with Gasteiger partial charge in [-0.05, 0) is 36.8 Å². The molecular formula is C20H19BrN6OS. The number of nitrogens with zero attached hydrogens (tertiary/aromatic N) is 2. The first-order chi connectivity index (χ1) is 14.0. The van der Waals surface area contributed by atoms with E-state index in [2.05, 4.69) is 41.5 Å². The van der Waals surface area contributed by atoms with E-state index in [1.54, 1.807) is 0 Å². The maximum absolute atomic E-state index is 12.4. The number of amidine groups is 1. The molecule has 2 heterocycles. The number of benzene rings is 2. The van der Waals surface area contributed by atoms with Crippen LogP contribution in [0, 0.1) is 6.92 Å². The zero-order chi connectivity index (χ0) is 20.4. The van der Waals surface area contributed by atoms with Crippen molar-refractivity contribution in [3.05, 3.63) is 64.3 Å². The highest BCUT2D eigenvalue weighted by molar-refractivity contribution is 9.10. The summed E-state index contributed by atoms with van der Waals surface area (Å²) >= 11 is 4.71. The van der Waals surface area contributed by atoms with Gasteiger partial charge in [-0.1, -0.05) is 45.9 Å². The molecule has 1 atom stereocenters. The van der Waals surface area contributed by atoms with E-state index in [1.165, 1.54) is 11.8 Å². The third-order valence-electron chi connectivity index (χ3n) is 4.44. The van der Waals surface area contributed by atoms with E-state index in [4.69, 9.17) is 5.73 Å². The number of carbonyl (C=O) groups is 1. The second-order valence-corrected chi connectivity index (χ2v) is 8.41. The Kier molecular flexibility index (Phi) is 5.59. The average Bonchev–Trinajstić information content (AvgIpc) is 3.12. The normalized spacial score (nSPS) is 16.1. The van der Waals surface area contributed by atoms with Crippen molar-refractivity contribution in [1.29, 1.82) is 0 Å². The van der Waals surface area contributed by atoms with Crippen LogP contribution in [0.15, 0.2) is 63.1 Å². The Bertz CT molecular complexity index is 1140. The Morgan fingerprint density at radius 2 is 2.10 bits per heavy atom. The summed E-state index contributed by atoms with van der Waals surface area (Å²) in [7, 11) is 0. The van der Waals surface area contributed by atoms with Gasteiger partial charge in [-0.25, -0.2) is 9.98 Å². The molecule has 4 rings (SSSR count). The zero-order valence-corrected chi connectivity index (χ0v) is 18.0. The third-order valence-corrected chi connectivity index (χ3v) is 5.82. The number of halogens is 1. The molecule has 0 spiro atoms. The van der Waals surface area contributed by atoms with Crippen LogP contribution in [0.4, 0.5) is 5.69 Å². The number of carbonyl (C=O) groups excluding carboxylic acids is 1. The largest absolute Gasteiger partial charge is 0.370 e. The third kappa shape index (κ3) is 4.46. The molecule has 0 aliphatic carbocycles. The molecule has 29 heavy (non-hydrogen) atoms. The van der Waals surface area contributed by atoms with Crippen molar-refractivity contribution in [3.63, 3.8) is 0 Å². The van der Waals surface area contributed by atoms with Gasteiger partial charge < -0.3 is 21.4 Å². The van der Waals surface area contributed by atoms with Crippen LogP contribution in [-0.2, 0) is 4.79 Å². The van der Waals surface area contributed by atoms with Crippen LogP contribution in [0.25, 0.3) is 10.9 Å². The van der Waals surface area contributed by atoms with E-state index in [0.717, 1.165) is 32.2 Å². The number of rotatable bonds is 4. The Morgan fingerprint density at radius 3 is 2.93 bits per heavy atom. The van der Waals surface area contributed by atoms with Crippen molar-refractivity contribution in [2.75, 3.05) is 11.1 Å². The van der Waals surface area contributed by atoms with Crippen molar-refractivity contribution >= 4 is 61.3 Å². The summed E-state index contributed by atoms with van der Waals surface area (Å²) in [4.78, 5) is 24.6. The summed E-state index contributed by atoms with van der Waals surface area (Å²) in [6.07, 6.45) is 1.44. The summed E-state index contributed by atoms with van der Waals surface area (Å²) in [6.45, 7) is 1.95. The maximum Gasteiger partial charge on any atom is 0.234 e. The summed E-state index contributed by atoms with van der Waals surface area (Å²) in [5.74, 6) is 0.367. The molecule has 3 aromatic rings. The van der Waals surface area contributed by atoms with Crippen molar-refractivity contribution in [2.24, 2.45) is 15.7 Å². The van der Waals surface area contributed by atoms with Crippen LogP contribution in [0.3, 0.4) is 0 Å². The molecule has 1 aliphatic heterocycles. The second kappa shape index (κ2) is 8.30. The predicted octanol–water partition coefficient (Wildman–Crippen LogP) is 3.88. The van der Waals surface area contributed by atoms with Crippen LogP contribution < -0.4 is 16.4 Å². The summed E-state index contributed by atoms with van der Waals surface area (Å²) in [6, 6.07) is 13.7. The molecule has 7 nitrogen and oxygen atoms in total. The number of aromatic nitrogens is 1. The smallest absolute Gasteiger partial charge is 0.234 e. The van der Waals surface area contributed by atoms with Crippen LogP contribution >= 0.6 is 27.7 Å². The fourth-order valence-electron chi connectivity index (χ4n) is 3.05. The summed E-state index contributed by atoms with van der Waals surface area (Å²) in [5.41, 5.74) is 9.69. The molecule has 9 heteroatoms. The first-order valence-corrected chi connectivity index (χ1v) is 10.7. The van der Waals surface area contributed by atoms with Crippen molar-refractivity contribution < 1.29 is 4.79 Å². The van der Waals surface area contributed by atoms with Gasteiger partial charge in [0, 0.05) is 32.8 Å². The Hall–Kier alpha value is -2.78. The molecule has 0 saturated carbocycles. The average molecular weight is 471 g/mol. The number of aromatic amines is 1. The lowest BCUT2D eigenvalue weighted by Crippen LogP contribution is -2.39. The molecule has 0 bridgehead atoms. The number of anilines is 1. The minimum atomic E-state index is -0.452. The van der Waals surface area contributed by atoms with Gasteiger partial charge in [0.05, 0.1) is 5.75 Å². The molecule has 0 radical (unpaired) electrons. The Balaban J connectivity index is 1.45. The zero-order valence-electron chi connectivity index (χ0n) is 15.6. The predicted molar refractivity (Wildman–Crippen MR) is 123 cm³/mol. The van der Waals surface area contributed by atoms with Crippen LogP contribution in [0.5, 0.6) is 0 Å². The number of aliphatic imine (C=N–C) groups is 2. The van der Waals surface area contributed by atoms with Gasteiger partial charge >= 0.3 is 0 Å². The molecule has 5 N–H and O–H groups in total. The minimum absolute atomic E-state index is 0.116. The van der Waals surface area contributed by atoms with Crippen molar-refractivity contribution in [3.8, 4) is 0 Å². The van der Waals surface area contributed by atoms with E-state index in [0.29, 0.717) is 5.17 Å². The van der Waals surface area contributed by atoms with Gasteiger partial charge in [0.1, 0.15) is 0 Å². The van der Waals surface area contributed by atoms with Gasteiger partial charge in [-0.3, -0.25) is 4.79 Å². The number of nitrogens with one attached hydrogen (secondary N) is 3. The second-order valence-electron chi connectivity index (χ2n) is 6.53. The number of aryl methyl sites for hydroxylation is 1. The number of fused-ring (bicyclic) bond motifs is 1. The standard InChI is InChI=1S/C20H19BrN6OS/c1-11-8-12(21)6-7-15(11)24-17(28)10-29-20-26-18(25-19(22)27-20)14-9-23-16-5-3-2-4-13(14)16/h2-9,18,23H,10H2,1H3,(H,24,28)(H3,22,25,26,27). The van der Waals surface area contributed by atoms with Gasteiger partial charge in [0.25, 0.3) is 0 Å². The van der Waals surface area contributed by atoms with E-state index in [9.17, 15) is 4.79 Å². The lowest BCUT2D eigenvalue weighted by molar-refractivity contribution is -0.113. The molecule has 1 aliphatic rings. The summed E-state index contributed by atoms with van der Waals surface area (Å²) < 4.78 is 0.973. The maximum atomic E-state index is 12.4. The fraction of sp³-hybridized carbons (Fsp3) is 0.150. The summed E-state index contributed by atoms with van der Waals surface area (Å²) in [5, 5.41) is 7.47. The number of hydrogen-bond acceptors (Lipinski definition) is 6. The van der Waals surface area contributed by atoms with E-state index >= 15 is 0 Å². The lowest BCUT2D eigenvalue weighted by Gasteiger charge is -2.18.